The number of halogens is 3. The van der Waals surface area contributed by atoms with Crippen molar-refractivity contribution >= 4 is 5.91 Å². The van der Waals surface area contributed by atoms with Crippen LogP contribution in [0.4, 0.5) is 13.2 Å². The summed E-state index contributed by atoms with van der Waals surface area (Å²) in [4.78, 5) is 13.8. The van der Waals surface area contributed by atoms with Crippen LogP contribution in [0.3, 0.4) is 0 Å². The summed E-state index contributed by atoms with van der Waals surface area (Å²) in [5.41, 5.74) is 0.482. The van der Waals surface area contributed by atoms with Crippen LogP contribution in [0.2, 0.25) is 0 Å². The molecule has 1 saturated heterocycles. The maximum Gasteiger partial charge on any atom is 0.573 e. The molecule has 1 aliphatic rings. The van der Waals surface area contributed by atoms with Gasteiger partial charge in [-0.25, -0.2) is 0 Å². The molecule has 22 heavy (non-hydrogen) atoms. The molecular formula is C15H18F3NO3. The summed E-state index contributed by atoms with van der Waals surface area (Å²) >= 11 is 0. The van der Waals surface area contributed by atoms with Gasteiger partial charge >= 0.3 is 6.36 Å². The van der Waals surface area contributed by atoms with Crippen molar-refractivity contribution < 1.29 is 27.8 Å². The Morgan fingerprint density at radius 1 is 1.32 bits per heavy atom. The quantitative estimate of drug-likeness (QED) is 0.927. The first-order chi connectivity index (χ1) is 10.4. The molecule has 7 heteroatoms. The summed E-state index contributed by atoms with van der Waals surface area (Å²) < 4.78 is 40.4. The lowest BCUT2D eigenvalue weighted by Gasteiger charge is -2.31. The number of hydrogen-bond donors (Lipinski definition) is 1. The van der Waals surface area contributed by atoms with E-state index in [-0.39, 0.29) is 30.6 Å². The van der Waals surface area contributed by atoms with Crippen molar-refractivity contribution in [1.82, 2.24) is 4.90 Å². The predicted octanol–water partition coefficient (Wildman–Crippen LogP) is 2.36. The van der Waals surface area contributed by atoms with Crippen molar-refractivity contribution in [2.24, 2.45) is 5.92 Å². The molecule has 0 saturated carbocycles. The lowest BCUT2D eigenvalue weighted by atomic mass is 9.97. The molecule has 0 spiro atoms. The van der Waals surface area contributed by atoms with E-state index in [1.165, 1.54) is 18.2 Å². The molecule has 0 bridgehead atoms. The van der Waals surface area contributed by atoms with E-state index < -0.39 is 6.36 Å². The minimum Gasteiger partial charge on any atom is -0.406 e. The van der Waals surface area contributed by atoms with Gasteiger partial charge in [0.05, 0.1) is 6.42 Å². The van der Waals surface area contributed by atoms with Gasteiger partial charge in [-0.05, 0) is 36.5 Å². The van der Waals surface area contributed by atoms with E-state index in [9.17, 15) is 18.0 Å². The number of piperidine rings is 1. The van der Waals surface area contributed by atoms with Gasteiger partial charge in [0.2, 0.25) is 5.91 Å². The number of amides is 1. The fourth-order valence-electron chi connectivity index (χ4n) is 2.50. The topological polar surface area (TPSA) is 49.8 Å². The fraction of sp³-hybridized carbons (Fsp3) is 0.533. The molecule has 1 amide bonds. The Hall–Kier alpha value is -1.76. The lowest BCUT2D eigenvalue weighted by Crippen LogP contribution is -2.40. The number of aliphatic hydroxyl groups is 1. The normalized spacial score (nSPS) is 16.6. The summed E-state index contributed by atoms with van der Waals surface area (Å²) in [6.45, 7) is 1.27. The van der Waals surface area contributed by atoms with Crippen LogP contribution in [0.5, 0.6) is 5.75 Å². The first kappa shape index (κ1) is 16.6. The summed E-state index contributed by atoms with van der Waals surface area (Å²) in [5.74, 6) is -0.218. The Kier molecular flexibility index (Phi) is 5.28. The Morgan fingerprint density at radius 2 is 2.00 bits per heavy atom. The van der Waals surface area contributed by atoms with Crippen molar-refractivity contribution in [3.8, 4) is 5.75 Å². The summed E-state index contributed by atoms with van der Waals surface area (Å²) in [7, 11) is 0. The zero-order valence-electron chi connectivity index (χ0n) is 12.0. The number of rotatable bonds is 4. The highest BCUT2D eigenvalue weighted by molar-refractivity contribution is 5.79. The Morgan fingerprint density at radius 3 is 2.59 bits per heavy atom. The smallest absolute Gasteiger partial charge is 0.406 e. The molecule has 1 fully saturated rings. The molecule has 0 aliphatic carbocycles. The molecule has 0 aromatic heterocycles. The highest BCUT2D eigenvalue weighted by Gasteiger charge is 2.31. The third kappa shape index (κ3) is 4.91. The SMILES string of the molecule is O=C(Cc1cccc(OC(F)(F)F)c1)N1CCC(CO)CC1. The van der Waals surface area contributed by atoms with Gasteiger partial charge in [0, 0.05) is 19.7 Å². The van der Waals surface area contributed by atoms with E-state index in [0.717, 1.165) is 12.8 Å². The number of hydrogen-bond acceptors (Lipinski definition) is 3. The Labute approximate surface area is 126 Å². The van der Waals surface area contributed by atoms with Crippen LogP contribution in [0.25, 0.3) is 0 Å². The maximum absolute atomic E-state index is 12.2. The van der Waals surface area contributed by atoms with E-state index in [4.69, 9.17) is 5.11 Å². The van der Waals surface area contributed by atoms with E-state index in [1.807, 2.05) is 0 Å². The van der Waals surface area contributed by atoms with Crippen molar-refractivity contribution in [3.05, 3.63) is 29.8 Å². The summed E-state index contributed by atoms with van der Waals surface area (Å²) in [6.07, 6.45) is -3.20. The molecule has 122 valence electrons. The first-order valence-corrected chi connectivity index (χ1v) is 7.10. The van der Waals surface area contributed by atoms with Crippen molar-refractivity contribution in [2.75, 3.05) is 19.7 Å². The molecule has 1 N–H and O–H groups in total. The zero-order valence-corrected chi connectivity index (χ0v) is 12.0. The minimum absolute atomic E-state index is 0.0405. The number of likely N-dealkylation sites (tertiary alicyclic amines) is 1. The van der Waals surface area contributed by atoms with Gasteiger partial charge < -0.3 is 14.7 Å². The van der Waals surface area contributed by atoms with Gasteiger partial charge in [-0.15, -0.1) is 13.2 Å². The van der Waals surface area contributed by atoms with Gasteiger partial charge in [-0.2, -0.15) is 0 Å². The fourth-order valence-corrected chi connectivity index (χ4v) is 2.50. The monoisotopic (exact) mass is 317 g/mol. The van der Waals surface area contributed by atoms with E-state index >= 15 is 0 Å². The standard InChI is InChI=1S/C15H18F3NO3/c16-15(17,18)22-13-3-1-2-12(8-13)9-14(21)19-6-4-11(10-20)5-7-19/h1-3,8,11,20H,4-7,9-10H2. The minimum atomic E-state index is -4.74. The molecule has 1 aromatic rings. The maximum atomic E-state index is 12.2. The molecule has 0 radical (unpaired) electrons. The van der Waals surface area contributed by atoms with E-state index in [2.05, 4.69) is 4.74 Å². The third-order valence-electron chi connectivity index (χ3n) is 3.71. The highest BCUT2D eigenvalue weighted by Crippen LogP contribution is 2.24. The molecule has 4 nitrogen and oxygen atoms in total. The summed E-state index contributed by atoms with van der Waals surface area (Å²) in [5, 5.41) is 9.07. The van der Waals surface area contributed by atoms with Gasteiger partial charge in [0.25, 0.3) is 0 Å². The van der Waals surface area contributed by atoms with Crippen LogP contribution in [0.15, 0.2) is 24.3 Å². The van der Waals surface area contributed by atoms with Crippen LogP contribution in [0, 0.1) is 5.92 Å². The van der Waals surface area contributed by atoms with Crippen LogP contribution in [0.1, 0.15) is 18.4 Å². The second kappa shape index (κ2) is 7.00. The van der Waals surface area contributed by atoms with Gasteiger partial charge in [0.1, 0.15) is 5.75 Å². The number of carbonyl (C=O) groups excluding carboxylic acids is 1. The largest absolute Gasteiger partial charge is 0.573 e. The second-order valence-electron chi connectivity index (χ2n) is 5.38. The number of benzene rings is 1. The molecule has 0 unspecified atom stereocenters. The second-order valence-corrected chi connectivity index (χ2v) is 5.38. The van der Waals surface area contributed by atoms with E-state index in [1.54, 1.807) is 11.0 Å². The average molecular weight is 317 g/mol. The van der Waals surface area contributed by atoms with Crippen LogP contribution in [-0.2, 0) is 11.2 Å². The van der Waals surface area contributed by atoms with Crippen molar-refractivity contribution in [1.29, 1.82) is 0 Å². The number of ether oxygens (including phenoxy) is 1. The van der Waals surface area contributed by atoms with Crippen LogP contribution in [-0.4, -0.2) is 42.0 Å². The summed E-state index contributed by atoms with van der Waals surface area (Å²) in [6, 6.07) is 5.46. The Bertz CT molecular complexity index is 511. The number of aliphatic hydroxyl groups excluding tert-OH is 1. The lowest BCUT2D eigenvalue weighted by molar-refractivity contribution is -0.274. The average Bonchev–Trinajstić information content (AvgIpc) is 2.46. The molecule has 2 rings (SSSR count). The molecule has 0 atom stereocenters. The van der Waals surface area contributed by atoms with E-state index in [0.29, 0.717) is 18.7 Å². The Balaban J connectivity index is 1.93. The van der Waals surface area contributed by atoms with Crippen molar-refractivity contribution in [2.45, 2.75) is 25.6 Å². The number of carbonyl (C=O) groups is 1. The van der Waals surface area contributed by atoms with Crippen LogP contribution >= 0.6 is 0 Å². The zero-order chi connectivity index (χ0) is 16.2. The van der Waals surface area contributed by atoms with Gasteiger partial charge in [-0.3, -0.25) is 4.79 Å². The van der Waals surface area contributed by atoms with Gasteiger partial charge in [0.15, 0.2) is 0 Å². The molecule has 1 aliphatic heterocycles. The number of alkyl halides is 3. The molecule has 1 heterocycles. The van der Waals surface area contributed by atoms with Crippen molar-refractivity contribution in [3.63, 3.8) is 0 Å². The predicted molar refractivity (Wildman–Crippen MR) is 73.2 cm³/mol. The molecular weight excluding hydrogens is 299 g/mol. The molecule has 1 aromatic carbocycles. The highest BCUT2D eigenvalue weighted by atomic mass is 19.4. The number of nitrogens with zero attached hydrogens (tertiary/aromatic N) is 1. The first-order valence-electron chi connectivity index (χ1n) is 7.10. The van der Waals surface area contributed by atoms with Gasteiger partial charge in [-0.1, -0.05) is 12.1 Å². The third-order valence-corrected chi connectivity index (χ3v) is 3.71. The van der Waals surface area contributed by atoms with Crippen LogP contribution < -0.4 is 4.74 Å².